The van der Waals surface area contributed by atoms with E-state index in [0.29, 0.717) is 35.7 Å². The molecule has 2 amide bonds. The van der Waals surface area contributed by atoms with E-state index in [1.807, 2.05) is 0 Å². The van der Waals surface area contributed by atoms with Gasteiger partial charge in [-0.2, -0.15) is 0 Å². The van der Waals surface area contributed by atoms with Crippen LogP contribution >= 0.6 is 0 Å². The zero-order chi connectivity index (χ0) is 23.0. The number of nitrogens with one attached hydrogen (secondary N) is 2. The molecule has 0 spiro atoms. The lowest BCUT2D eigenvalue weighted by Gasteiger charge is -2.40. The highest BCUT2D eigenvalue weighted by Gasteiger charge is 2.57. The summed E-state index contributed by atoms with van der Waals surface area (Å²) in [5.41, 5.74) is 2.20. The molecule has 172 valence electrons. The van der Waals surface area contributed by atoms with Crippen LogP contribution in [-0.4, -0.2) is 62.6 Å². The van der Waals surface area contributed by atoms with E-state index in [1.165, 1.54) is 18.0 Å². The van der Waals surface area contributed by atoms with Crippen LogP contribution in [0.5, 0.6) is 0 Å². The van der Waals surface area contributed by atoms with Crippen molar-refractivity contribution in [3.63, 3.8) is 0 Å². The van der Waals surface area contributed by atoms with Crippen LogP contribution in [-0.2, 0) is 14.3 Å². The minimum atomic E-state index is -2.77. The van der Waals surface area contributed by atoms with Gasteiger partial charge in [0, 0.05) is 37.9 Å². The van der Waals surface area contributed by atoms with Crippen molar-refractivity contribution in [2.45, 2.75) is 38.3 Å². The number of hydrogen-bond acceptors (Lipinski definition) is 6. The fourth-order valence-corrected chi connectivity index (χ4v) is 3.91. The van der Waals surface area contributed by atoms with Crippen LogP contribution in [0.3, 0.4) is 0 Å². The number of fused-ring (bicyclic) bond motifs is 1. The van der Waals surface area contributed by atoms with Crippen molar-refractivity contribution in [2.24, 2.45) is 5.92 Å². The number of nitrogens with zero attached hydrogens (tertiary/aromatic N) is 2. The first-order valence-corrected chi connectivity index (χ1v) is 10.5. The Hall–Kier alpha value is -3.01. The number of anilines is 2. The van der Waals surface area contributed by atoms with Gasteiger partial charge in [-0.05, 0) is 24.6 Å². The Morgan fingerprint density at radius 2 is 2.06 bits per heavy atom. The van der Waals surface area contributed by atoms with Gasteiger partial charge in [-0.3, -0.25) is 9.69 Å². The number of benzene rings is 1. The minimum Gasteiger partial charge on any atom is -0.449 e. The molecule has 10 heteroatoms. The maximum absolute atomic E-state index is 13.2. The zero-order valence-electron chi connectivity index (χ0n) is 17.9. The molecule has 2 unspecified atom stereocenters. The Balaban J connectivity index is 1.62. The Labute approximate surface area is 184 Å². The third-order valence-electron chi connectivity index (χ3n) is 5.94. The largest absolute Gasteiger partial charge is 0.449 e. The summed E-state index contributed by atoms with van der Waals surface area (Å²) >= 11 is 0. The van der Waals surface area contributed by atoms with Gasteiger partial charge in [-0.1, -0.05) is 6.07 Å². The molecule has 3 aliphatic rings. The molecule has 4 rings (SSSR count). The molecule has 1 aliphatic carbocycles. The van der Waals surface area contributed by atoms with Crippen LogP contribution in [0.2, 0.25) is 0 Å². The minimum absolute atomic E-state index is 0.164. The quantitative estimate of drug-likeness (QED) is 0.653. The van der Waals surface area contributed by atoms with E-state index in [9.17, 15) is 18.4 Å². The molecule has 2 N–H and O–H groups in total. The van der Waals surface area contributed by atoms with Gasteiger partial charge in [0.2, 0.25) is 5.91 Å². The van der Waals surface area contributed by atoms with Crippen molar-refractivity contribution in [2.75, 3.05) is 36.2 Å². The second-order valence-electron chi connectivity index (χ2n) is 8.44. The lowest BCUT2D eigenvalue weighted by atomic mass is 10.0. The van der Waals surface area contributed by atoms with E-state index >= 15 is 0 Å². The molecule has 32 heavy (non-hydrogen) atoms. The zero-order valence-corrected chi connectivity index (χ0v) is 17.9. The lowest BCUT2D eigenvalue weighted by Crippen LogP contribution is -2.51. The highest BCUT2D eigenvalue weighted by molar-refractivity contribution is 6.10. The van der Waals surface area contributed by atoms with E-state index in [-0.39, 0.29) is 37.6 Å². The van der Waals surface area contributed by atoms with Crippen molar-refractivity contribution < 1.29 is 27.8 Å². The van der Waals surface area contributed by atoms with E-state index in [1.54, 1.807) is 36.2 Å². The third-order valence-corrected chi connectivity index (χ3v) is 5.94. The highest BCUT2D eigenvalue weighted by Crippen LogP contribution is 2.48. The SMILES string of the molecule is CC(=O)N1c2ccc(/C(C=N)=C/NC3COC3)cc2N(C(=O)OCC2CC2(F)F)CC1C. The molecule has 0 radical (unpaired) electrons. The van der Waals surface area contributed by atoms with Crippen molar-refractivity contribution in [3.05, 3.63) is 30.0 Å². The molecule has 1 aromatic rings. The Morgan fingerprint density at radius 1 is 1.34 bits per heavy atom. The second-order valence-corrected chi connectivity index (χ2v) is 8.44. The third kappa shape index (κ3) is 4.32. The monoisotopic (exact) mass is 448 g/mol. The smallest absolute Gasteiger partial charge is 0.414 e. The molecule has 2 heterocycles. The normalized spacial score (nSPS) is 24.3. The molecule has 1 aromatic carbocycles. The average Bonchev–Trinajstić information content (AvgIpc) is 3.33. The number of carbonyl (C=O) groups is 2. The lowest BCUT2D eigenvalue weighted by molar-refractivity contribution is -0.117. The first-order valence-electron chi connectivity index (χ1n) is 10.5. The summed E-state index contributed by atoms with van der Waals surface area (Å²) in [6.45, 7) is 4.26. The van der Waals surface area contributed by atoms with Crippen LogP contribution < -0.4 is 15.1 Å². The molecular weight excluding hydrogens is 422 g/mol. The number of carbonyl (C=O) groups excluding carboxylic acids is 2. The summed E-state index contributed by atoms with van der Waals surface area (Å²) in [6.07, 6.45) is 1.90. The summed E-state index contributed by atoms with van der Waals surface area (Å²) in [4.78, 5) is 28.0. The molecule has 0 aromatic heterocycles. The second kappa shape index (κ2) is 8.50. The fraction of sp³-hybridized carbons (Fsp3) is 0.500. The molecule has 2 aliphatic heterocycles. The Morgan fingerprint density at radius 3 is 2.62 bits per heavy atom. The molecule has 2 atom stereocenters. The molecule has 0 bridgehead atoms. The number of amides is 2. The van der Waals surface area contributed by atoms with Crippen molar-refractivity contribution in [3.8, 4) is 0 Å². The highest BCUT2D eigenvalue weighted by atomic mass is 19.3. The number of rotatable bonds is 6. The van der Waals surface area contributed by atoms with E-state index in [2.05, 4.69) is 5.32 Å². The van der Waals surface area contributed by atoms with Gasteiger partial charge in [-0.15, -0.1) is 0 Å². The van der Waals surface area contributed by atoms with Crippen LogP contribution in [0, 0.1) is 11.3 Å². The fourth-order valence-electron chi connectivity index (χ4n) is 3.91. The van der Waals surface area contributed by atoms with E-state index in [4.69, 9.17) is 14.9 Å². The van der Waals surface area contributed by atoms with Crippen LogP contribution in [0.4, 0.5) is 25.0 Å². The number of halogens is 2. The summed E-state index contributed by atoms with van der Waals surface area (Å²) in [5.74, 6) is -3.89. The summed E-state index contributed by atoms with van der Waals surface area (Å²) in [7, 11) is 0. The van der Waals surface area contributed by atoms with Crippen molar-refractivity contribution >= 4 is 35.2 Å². The predicted molar refractivity (Wildman–Crippen MR) is 115 cm³/mol. The Bertz CT molecular complexity index is 963. The first-order chi connectivity index (χ1) is 15.2. The van der Waals surface area contributed by atoms with Crippen LogP contribution in [0.1, 0.15) is 25.8 Å². The number of alkyl halides is 2. The number of hydrogen-bond donors (Lipinski definition) is 2. The molecule has 1 saturated heterocycles. The van der Waals surface area contributed by atoms with E-state index in [0.717, 1.165) is 0 Å². The standard InChI is InChI=1S/C22H26F2N4O4/c1-13-9-27(21(30)32-10-17-6-22(17,23)24)20-5-15(3-4-19(20)28(13)14(2)29)16(7-25)8-26-18-11-31-12-18/h3-5,7-8,13,17-18,25-26H,6,9-12H2,1-2H3/b16-8+,25-7?. The number of ether oxygens (including phenoxy) is 2. The summed E-state index contributed by atoms with van der Waals surface area (Å²) in [5, 5.41) is 11.0. The van der Waals surface area contributed by atoms with Crippen LogP contribution in [0.15, 0.2) is 24.4 Å². The molecule has 1 saturated carbocycles. The van der Waals surface area contributed by atoms with E-state index < -0.39 is 17.9 Å². The molecule has 8 nitrogen and oxygen atoms in total. The number of allylic oxidation sites excluding steroid dienone is 1. The van der Waals surface area contributed by atoms with Gasteiger partial charge in [0.15, 0.2) is 0 Å². The summed E-state index contributed by atoms with van der Waals surface area (Å²) < 4.78 is 36.7. The van der Waals surface area contributed by atoms with Gasteiger partial charge in [0.05, 0.1) is 42.6 Å². The topological polar surface area (TPSA) is 95.0 Å². The van der Waals surface area contributed by atoms with Crippen molar-refractivity contribution in [1.29, 1.82) is 5.41 Å². The molecular formula is C22H26F2N4O4. The van der Waals surface area contributed by atoms with Crippen molar-refractivity contribution in [1.82, 2.24) is 5.32 Å². The molecule has 2 fully saturated rings. The first kappa shape index (κ1) is 22.2. The predicted octanol–water partition coefficient (Wildman–Crippen LogP) is 3.02. The average molecular weight is 448 g/mol. The van der Waals surface area contributed by atoms with Crippen LogP contribution in [0.25, 0.3) is 5.57 Å². The Kier molecular flexibility index (Phi) is 5.89. The van der Waals surface area contributed by atoms with Gasteiger partial charge in [0.1, 0.15) is 6.61 Å². The van der Waals surface area contributed by atoms with Gasteiger partial charge in [0.25, 0.3) is 5.92 Å². The van der Waals surface area contributed by atoms with Gasteiger partial charge >= 0.3 is 6.09 Å². The van der Waals surface area contributed by atoms with Gasteiger partial charge < -0.3 is 25.1 Å². The van der Waals surface area contributed by atoms with Gasteiger partial charge in [-0.25, -0.2) is 13.6 Å². The summed E-state index contributed by atoms with van der Waals surface area (Å²) in [6, 6.07) is 5.07. The maximum atomic E-state index is 13.2. The maximum Gasteiger partial charge on any atom is 0.414 e.